The van der Waals surface area contributed by atoms with Crippen LogP contribution in [0.2, 0.25) is 5.02 Å². The molecule has 18 heavy (non-hydrogen) atoms. The van der Waals surface area contributed by atoms with Crippen molar-refractivity contribution in [3.63, 3.8) is 0 Å². The van der Waals surface area contributed by atoms with Crippen molar-refractivity contribution in [2.24, 2.45) is 0 Å². The standard InChI is InChI=1S/C11H8BrClN4O/c12-6-1-2-7(13)8(3-6)17-11(18)9-4-15-5-10(14)16-9/h1-5H,(H2,14,16)(H,17,18). The van der Waals surface area contributed by atoms with Crippen molar-refractivity contribution in [2.45, 2.75) is 0 Å². The second-order valence-electron chi connectivity index (χ2n) is 3.41. The summed E-state index contributed by atoms with van der Waals surface area (Å²) in [5, 5.41) is 3.07. The van der Waals surface area contributed by atoms with E-state index < -0.39 is 5.91 Å². The van der Waals surface area contributed by atoms with Crippen LogP contribution in [-0.2, 0) is 0 Å². The largest absolute Gasteiger partial charge is 0.382 e. The van der Waals surface area contributed by atoms with E-state index in [1.54, 1.807) is 18.2 Å². The Hall–Kier alpha value is -1.66. The van der Waals surface area contributed by atoms with E-state index in [-0.39, 0.29) is 11.5 Å². The highest BCUT2D eigenvalue weighted by Crippen LogP contribution is 2.25. The van der Waals surface area contributed by atoms with E-state index in [4.69, 9.17) is 17.3 Å². The average Bonchev–Trinajstić information content (AvgIpc) is 2.34. The van der Waals surface area contributed by atoms with Crippen LogP contribution in [0.3, 0.4) is 0 Å². The fourth-order valence-corrected chi connectivity index (χ4v) is 1.80. The molecule has 3 N–H and O–H groups in total. The minimum Gasteiger partial charge on any atom is -0.382 e. The van der Waals surface area contributed by atoms with Gasteiger partial charge in [0.05, 0.1) is 23.1 Å². The maximum atomic E-state index is 11.9. The number of benzene rings is 1. The number of carbonyl (C=O) groups excluding carboxylic acids is 1. The Kier molecular flexibility index (Phi) is 3.78. The van der Waals surface area contributed by atoms with Crippen LogP contribution in [0.1, 0.15) is 10.5 Å². The Balaban J connectivity index is 2.24. The second kappa shape index (κ2) is 5.32. The van der Waals surface area contributed by atoms with Gasteiger partial charge >= 0.3 is 0 Å². The van der Waals surface area contributed by atoms with Gasteiger partial charge in [0.25, 0.3) is 5.91 Å². The molecule has 1 heterocycles. The topological polar surface area (TPSA) is 80.9 Å². The number of amides is 1. The lowest BCUT2D eigenvalue weighted by molar-refractivity contribution is 0.102. The Morgan fingerprint density at radius 3 is 2.89 bits per heavy atom. The molecule has 0 unspecified atom stereocenters. The predicted molar refractivity (Wildman–Crippen MR) is 73.5 cm³/mol. The number of anilines is 2. The Morgan fingerprint density at radius 1 is 1.39 bits per heavy atom. The molecule has 0 spiro atoms. The monoisotopic (exact) mass is 326 g/mol. The van der Waals surface area contributed by atoms with E-state index in [1.165, 1.54) is 12.4 Å². The molecule has 0 fully saturated rings. The third kappa shape index (κ3) is 2.96. The van der Waals surface area contributed by atoms with Crippen LogP contribution in [0.15, 0.2) is 35.1 Å². The number of rotatable bonds is 2. The Labute approximate surface area is 117 Å². The first-order valence-electron chi connectivity index (χ1n) is 4.90. The summed E-state index contributed by atoms with van der Waals surface area (Å²) in [5.74, 6) is -0.238. The molecule has 0 radical (unpaired) electrons. The average molecular weight is 328 g/mol. The molecule has 1 amide bonds. The second-order valence-corrected chi connectivity index (χ2v) is 4.73. The van der Waals surface area contributed by atoms with E-state index in [0.29, 0.717) is 10.7 Å². The fraction of sp³-hybridized carbons (Fsp3) is 0. The molecule has 0 aliphatic carbocycles. The van der Waals surface area contributed by atoms with Gasteiger partial charge in [-0.1, -0.05) is 27.5 Å². The van der Waals surface area contributed by atoms with E-state index >= 15 is 0 Å². The van der Waals surface area contributed by atoms with Crippen LogP contribution < -0.4 is 11.1 Å². The van der Waals surface area contributed by atoms with Gasteiger partial charge in [-0.05, 0) is 18.2 Å². The summed E-state index contributed by atoms with van der Waals surface area (Å²) in [5.41, 5.74) is 6.07. The molecule has 92 valence electrons. The number of nitrogens with zero attached hydrogens (tertiary/aromatic N) is 2. The first-order valence-corrected chi connectivity index (χ1v) is 6.07. The third-order valence-corrected chi connectivity index (χ3v) is 2.89. The molecule has 5 nitrogen and oxygen atoms in total. The number of hydrogen-bond acceptors (Lipinski definition) is 4. The Bertz CT molecular complexity index is 605. The van der Waals surface area contributed by atoms with Crippen LogP contribution >= 0.6 is 27.5 Å². The van der Waals surface area contributed by atoms with Gasteiger partial charge in [-0.2, -0.15) is 0 Å². The van der Waals surface area contributed by atoms with Crippen molar-refractivity contribution in [3.05, 3.63) is 45.8 Å². The zero-order valence-electron chi connectivity index (χ0n) is 9.02. The summed E-state index contributed by atoms with van der Waals surface area (Å²) in [6, 6.07) is 5.14. The smallest absolute Gasteiger partial charge is 0.275 e. The maximum absolute atomic E-state index is 11.9. The lowest BCUT2D eigenvalue weighted by Crippen LogP contribution is -2.15. The molecule has 0 atom stereocenters. The van der Waals surface area contributed by atoms with Gasteiger partial charge < -0.3 is 11.1 Å². The summed E-state index contributed by atoms with van der Waals surface area (Å²) in [6.07, 6.45) is 2.69. The van der Waals surface area contributed by atoms with Crippen LogP contribution in [-0.4, -0.2) is 15.9 Å². The van der Waals surface area contributed by atoms with Crippen molar-refractivity contribution in [1.29, 1.82) is 0 Å². The number of aromatic nitrogens is 2. The normalized spacial score (nSPS) is 10.1. The highest BCUT2D eigenvalue weighted by molar-refractivity contribution is 9.10. The van der Waals surface area contributed by atoms with Crippen LogP contribution in [0.25, 0.3) is 0 Å². The third-order valence-electron chi connectivity index (χ3n) is 2.06. The van der Waals surface area contributed by atoms with Gasteiger partial charge in [0.15, 0.2) is 0 Å². The van der Waals surface area contributed by atoms with Crippen molar-refractivity contribution in [2.75, 3.05) is 11.1 Å². The number of hydrogen-bond donors (Lipinski definition) is 2. The van der Waals surface area contributed by atoms with Crippen LogP contribution in [0.5, 0.6) is 0 Å². The number of nitrogen functional groups attached to an aromatic ring is 1. The van der Waals surface area contributed by atoms with Crippen molar-refractivity contribution in [1.82, 2.24) is 9.97 Å². The van der Waals surface area contributed by atoms with E-state index in [2.05, 4.69) is 31.2 Å². The zero-order valence-corrected chi connectivity index (χ0v) is 11.4. The van der Waals surface area contributed by atoms with Crippen LogP contribution in [0.4, 0.5) is 11.5 Å². The van der Waals surface area contributed by atoms with Crippen molar-refractivity contribution < 1.29 is 4.79 Å². The predicted octanol–water partition coefficient (Wildman–Crippen LogP) is 2.73. The molecule has 2 aromatic rings. The summed E-state index contributed by atoms with van der Waals surface area (Å²) in [4.78, 5) is 19.6. The summed E-state index contributed by atoms with van der Waals surface area (Å²) in [7, 11) is 0. The SMILES string of the molecule is Nc1cncc(C(=O)Nc2cc(Br)ccc2Cl)n1. The highest BCUT2D eigenvalue weighted by atomic mass is 79.9. The Morgan fingerprint density at radius 2 is 2.17 bits per heavy atom. The molecule has 1 aromatic carbocycles. The number of halogens is 2. The quantitative estimate of drug-likeness (QED) is 0.888. The first kappa shape index (κ1) is 12.8. The molecular formula is C11H8BrClN4O. The minimum atomic E-state index is -0.421. The molecule has 0 saturated heterocycles. The highest BCUT2D eigenvalue weighted by Gasteiger charge is 2.10. The van der Waals surface area contributed by atoms with E-state index in [1.807, 2.05) is 0 Å². The summed E-state index contributed by atoms with van der Waals surface area (Å²) >= 11 is 9.26. The number of carbonyl (C=O) groups is 1. The van der Waals surface area contributed by atoms with E-state index in [0.717, 1.165) is 4.47 Å². The molecule has 1 aromatic heterocycles. The molecular weight excluding hydrogens is 320 g/mol. The molecule has 7 heteroatoms. The molecule has 0 bridgehead atoms. The van der Waals surface area contributed by atoms with Crippen molar-refractivity contribution >= 4 is 44.9 Å². The lowest BCUT2D eigenvalue weighted by Gasteiger charge is -2.07. The summed E-state index contributed by atoms with van der Waals surface area (Å²) < 4.78 is 0.806. The minimum absolute atomic E-state index is 0.131. The molecule has 0 saturated carbocycles. The zero-order chi connectivity index (χ0) is 13.1. The lowest BCUT2D eigenvalue weighted by atomic mass is 10.3. The van der Waals surface area contributed by atoms with Crippen molar-refractivity contribution in [3.8, 4) is 0 Å². The van der Waals surface area contributed by atoms with Gasteiger partial charge in [-0.3, -0.25) is 9.78 Å². The molecule has 0 aliphatic heterocycles. The van der Waals surface area contributed by atoms with Gasteiger partial charge in [0, 0.05) is 4.47 Å². The van der Waals surface area contributed by atoms with Gasteiger partial charge in [-0.25, -0.2) is 4.98 Å². The number of nitrogens with one attached hydrogen (secondary N) is 1. The fourth-order valence-electron chi connectivity index (χ4n) is 1.27. The van der Waals surface area contributed by atoms with Crippen LogP contribution in [0, 0.1) is 0 Å². The van der Waals surface area contributed by atoms with E-state index in [9.17, 15) is 4.79 Å². The number of nitrogens with two attached hydrogens (primary N) is 1. The first-order chi connectivity index (χ1) is 8.56. The maximum Gasteiger partial charge on any atom is 0.275 e. The summed E-state index contributed by atoms with van der Waals surface area (Å²) in [6.45, 7) is 0. The van der Waals surface area contributed by atoms with Gasteiger partial charge in [0.1, 0.15) is 11.5 Å². The van der Waals surface area contributed by atoms with Gasteiger partial charge in [0.2, 0.25) is 0 Å². The van der Waals surface area contributed by atoms with Gasteiger partial charge in [-0.15, -0.1) is 0 Å². The molecule has 2 rings (SSSR count). The molecule has 0 aliphatic rings.